The summed E-state index contributed by atoms with van der Waals surface area (Å²) in [6.45, 7) is -1.22. The number of aryl methyl sites for hydroxylation is 1. The lowest BCUT2D eigenvalue weighted by molar-refractivity contribution is -0.169. The fourth-order valence-electron chi connectivity index (χ4n) is 3.56. The van der Waals surface area contributed by atoms with Crippen molar-refractivity contribution in [2.45, 2.75) is 37.8 Å². The van der Waals surface area contributed by atoms with Gasteiger partial charge in [0.15, 0.2) is 0 Å². The molecule has 2 aromatic rings. The quantitative estimate of drug-likeness (QED) is 0.794. The molecule has 10 heteroatoms. The highest BCUT2D eigenvalue weighted by Gasteiger charge is 2.48. The smallest absolute Gasteiger partial charge is 0.329 e. The highest BCUT2D eigenvalue weighted by molar-refractivity contribution is 6.30. The van der Waals surface area contributed by atoms with Gasteiger partial charge in [-0.1, -0.05) is 17.7 Å². The van der Waals surface area contributed by atoms with Gasteiger partial charge in [0.2, 0.25) is 5.91 Å². The average Bonchev–Trinajstić information content (AvgIpc) is 2.91. The van der Waals surface area contributed by atoms with Crippen molar-refractivity contribution in [3.05, 3.63) is 50.9 Å². The largest absolute Gasteiger partial charge is 0.346 e. The van der Waals surface area contributed by atoms with Crippen molar-refractivity contribution in [3.8, 4) is 0 Å². The SMILES string of the molecule is O=C([C@@H]1CCCc2nn(Cc3ccc(Cl)c(F)c3)c(=O)n21)N1CC(F)(F)C1. The number of benzene rings is 1. The Morgan fingerprint density at radius 3 is 2.74 bits per heavy atom. The van der Waals surface area contributed by atoms with E-state index in [1.54, 1.807) is 6.07 Å². The summed E-state index contributed by atoms with van der Waals surface area (Å²) in [7, 11) is 0. The summed E-state index contributed by atoms with van der Waals surface area (Å²) in [5.41, 5.74) is -0.00889. The summed E-state index contributed by atoms with van der Waals surface area (Å²) in [5, 5.41) is 4.23. The molecule has 4 rings (SSSR count). The first-order chi connectivity index (χ1) is 12.7. The number of aromatic nitrogens is 3. The summed E-state index contributed by atoms with van der Waals surface area (Å²) in [4.78, 5) is 26.4. The zero-order valence-corrected chi connectivity index (χ0v) is 14.9. The van der Waals surface area contributed by atoms with Crippen LogP contribution in [0.3, 0.4) is 0 Å². The summed E-state index contributed by atoms with van der Waals surface area (Å²) >= 11 is 5.66. The molecular weight excluding hydrogens is 385 g/mol. The van der Waals surface area contributed by atoms with Gasteiger partial charge in [0.25, 0.3) is 5.92 Å². The van der Waals surface area contributed by atoms with E-state index >= 15 is 0 Å². The van der Waals surface area contributed by atoms with Crippen molar-refractivity contribution in [1.82, 2.24) is 19.2 Å². The third-order valence-electron chi connectivity index (χ3n) is 4.89. The lowest BCUT2D eigenvalue weighted by atomic mass is 10.0. The summed E-state index contributed by atoms with van der Waals surface area (Å²) in [6.07, 6.45) is 1.54. The average molecular weight is 401 g/mol. The number of alkyl halides is 2. The zero-order chi connectivity index (χ0) is 19.3. The van der Waals surface area contributed by atoms with Crippen LogP contribution in [0.15, 0.2) is 23.0 Å². The second-order valence-electron chi connectivity index (χ2n) is 6.93. The van der Waals surface area contributed by atoms with Gasteiger partial charge in [-0.05, 0) is 30.5 Å². The number of carbonyl (C=O) groups excluding carboxylic acids is 1. The van der Waals surface area contributed by atoms with Crippen LogP contribution in [-0.4, -0.2) is 44.2 Å². The Morgan fingerprint density at radius 2 is 2.07 bits per heavy atom. The van der Waals surface area contributed by atoms with E-state index in [1.807, 2.05) is 0 Å². The van der Waals surface area contributed by atoms with Crippen LogP contribution < -0.4 is 5.69 Å². The molecule has 0 radical (unpaired) electrons. The van der Waals surface area contributed by atoms with Crippen molar-refractivity contribution in [1.29, 1.82) is 0 Å². The Bertz CT molecular complexity index is 964. The Labute approximate surface area is 157 Å². The van der Waals surface area contributed by atoms with E-state index in [0.717, 1.165) is 9.58 Å². The van der Waals surface area contributed by atoms with Crippen LogP contribution in [-0.2, 0) is 17.8 Å². The van der Waals surface area contributed by atoms with Crippen LogP contribution in [0.1, 0.15) is 30.3 Å². The Morgan fingerprint density at radius 1 is 1.33 bits per heavy atom. The molecule has 6 nitrogen and oxygen atoms in total. The maximum Gasteiger partial charge on any atom is 0.346 e. The Kier molecular flexibility index (Phi) is 4.29. The minimum absolute atomic E-state index is 0.0211. The lowest BCUT2D eigenvalue weighted by Gasteiger charge is -2.41. The Balaban J connectivity index is 1.61. The van der Waals surface area contributed by atoms with Crippen LogP contribution in [0, 0.1) is 5.82 Å². The van der Waals surface area contributed by atoms with E-state index in [4.69, 9.17) is 11.6 Å². The first-order valence-electron chi connectivity index (χ1n) is 8.54. The number of hydrogen-bond acceptors (Lipinski definition) is 3. The molecule has 0 saturated carbocycles. The third kappa shape index (κ3) is 3.24. The molecule has 0 aliphatic carbocycles. The third-order valence-corrected chi connectivity index (χ3v) is 5.19. The van der Waals surface area contributed by atoms with Crippen LogP contribution >= 0.6 is 11.6 Å². The molecule has 1 amide bonds. The molecule has 1 atom stereocenters. The standard InChI is InChI=1S/C17H16ClF3N4O2/c18-11-5-4-10(6-12(11)19)7-24-16(27)25-13(2-1-3-14(25)22-24)15(26)23-8-17(20,21)9-23/h4-6,13H,1-3,7-9H2/t13-/m0/s1. The van der Waals surface area contributed by atoms with Crippen molar-refractivity contribution < 1.29 is 18.0 Å². The molecule has 3 heterocycles. The topological polar surface area (TPSA) is 60.1 Å². The predicted molar refractivity (Wildman–Crippen MR) is 90.5 cm³/mol. The fraction of sp³-hybridized carbons (Fsp3) is 0.471. The van der Waals surface area contributed by atoms with E-state index in [0.29, 0.717) is 30.7 Å². The van der Waals surface area contributed by atoms with Gasteiger partial charge >= 0.3 is 5.69 Å². The van der Waals surface area contributed by atoms with Gasteiger partial charge in [0.1, 0.15) is 17.7 Å². The van der Waals surface area contributed by atoms with Gasteiger partial charge < -0.3 is 4.90 Å². The zero-order valence-electron chi connectivity index (χ0n) is 14.2. The summed E-state index contributed by atoms with van der Waals surface area (Å²) < 4.78 is 42.2. The number of rotatable bonds is 3. The number of fused-ring (bicyclic) bond motifs is 1. The second kappa shape index (κ2) is 6.40. The van der Waals surface area contributed by atoms with Gasteiger partial charge in [-0.25, -0.2) is 22.6 Å². The summed E-state index contributed by atoms with van der Waals surface area (Å²) in [6, 6.07) is 3.37. The number of carbonyl (C=O) groups is 1. The van der Waals surface area contributed by atoms with Crippen LogP contribution in [0.5, 0.6) is 0 Å². The van der Waals surface area contributed by atoms with Gasteiger partial charge in [-0.2, -0.15) is 5.10 Å². The monoisotopic (exact) mass is 400 g/mol. The van der Waals surface area contributed by atoms with Crippen molar-refractivity contribution in [3.63, 3.8) is 0 Å². The molecule has 2 aliphatic rings. The number of halogens is 4. The van der Waals surface area contributed by atoms with Gasteiger partial charge in [-0.15, -0.1) is 0 Å². The van der Waals surface area contributed by atoms with E-state index in [2.05, 4.69) is 5.10 Å². The minimum Gasteiger partial charge on any atom is -0.329 e. The van der Waals surface area contributed by atoms with E-state index < -0.39 is 42.5 Å². The maximum absolute atomic E-state index is 13.6. The molecular formula is C17H16ClF3N4O2. The highest BCUT2D eigenvalue weighted by Crippen LogP contribution is 2.31. The maximum atomic E-state index is 13.6. The normalized spacial score (nSPS) is 20.9. The van der Waals surface area contributed by atoms with Gasteiger partial charge in [-0.3, -0.25) is 9.36 Å². The van der Waals surface area contributed by atoms with Gasteiger partial charge in [0, 0.05) is 6.42 Å². The molecule has 1 aromatic carbocycles. The lowest BCUT2D eigenvalue weighted by Crippen LogP contribution is -2.60. The number of amides is 1. The van der Waals surface area contributed by atoms with Crippen molar-refractivity contribution in [2.24, 2.45) is 0 Å². The minimum atomic E-state index is -2.86. The van der Waals surface area contributed by atoms with E-state index in [-0.39, 0.29) is 11.6 Å². The van der Waals surface area contributed by atoms with Crippen molar-refractivity contribution >= 4 is 17.5 Å². The second-order valence-corrected chi connectivity index (χ2v) is 7.34. The van der Waals surface area contributed by atoms with E-state index in [9.17, 15) is 22.8 Å². The molecule has 1 fully saturated rings. The first kappa shape index (κ1) is 18.1. The number of likely N-dealkylation sites (tertiary alicyclic amines) is 1. The number of nitrogens with zero attached hydrogens (tertiary/aromatic N) is 4. The van der Waals surface area contributed by atoms with Crippen LogP contribution in [0.4, 0.5) is 13.2 Å². The molecule has 1 aromatic heterocycles. The Hall–Kier alpha value is -2.29. The molecule has 27 heavy (non-hydrogen) atoms. The molecule has 0 N–H and O–H groups in total. The predicted octanol–water partition coefficient (Wildman–Crippen LogP) is 2.24. The summed E-state index contributed by atoms with van der Waals surface area (Å²) in [5.74, 6) is -3.51. The molecule has 1 saturated heterocycles. The fourth-order valence-corrected chi connectivity index (χ4v) is 3.68. The molecule has 0 spiro atoms. The number of hydrogen-bond donors (Lipinski definition) is 0. The molecule has 2 aliphatic heterocycles. The van der Waals surface area contributed by atoms with Crippen LogP contribution in [0.25, 0.3) is 0 Å². The first-order valence-corrected chi connectivity index (χ1v) is 8.92. The van der Waals surface area contributed by atoms with Gasteiger partial charge in [0.05, 0.1) is 24.7 Å². The van der Waals surface area contributed by atoms with Crippen molar-refractivity contribution in [2.75, 3.05) is 13.1 Å². The van der Waals surface area contributed by atoms with E-state index in [1.165, 1.54) is 16.7 Å². The molecule has 0 unspecified atom stereocenters. The molecule has 144 valence electrons. The molecule has 0 bridgehead atoms. The van der Waals surface area contributed by atoms with Crippen LogP contribution in [0.2, 0.25) is 5.02 Å². The highest BCUT2D eigenvalue weighted by atomic mass is 35.5.